The van der Waals surface area contributed by atoms with E-state index in [1.165, 1.54) is 14.0 Å². The highest BCUT2D eigenvalue weighted by molar-refractivity contribution is 14.1. The Bertz CT molecular complexity index is 859. The number of rotatable bonds is 7. The summed E-state index contributed by atoms with van der Waals surface area (Å²) >= 11 is 5.37. The van der Waals surface area contributed by atoms with Crippen LogP contribution in [0.1, 0.15) is 27.6 Å². The van der Waals surface area contributed by atoms with Gasteiger partial charge < -0.3 is 26.4 Å². The van der Waals surface area contributed by atoms with Crippen LogP contribution < -0.4 is 21.3 Å². The van der Waals surface area contributed by atoms with Crippen molar-refractivity contribution in [2.45, 2.75) is 6.92 Å². The summed E-state index contributed by atoms with van der Waals surface area (Å²) in [6.45, 7) is 0.618. The monoisotopic (exact) mass is 728 g/mol. The van der Waals surface area contributed by atoms with Crippen LogP contribution in [-0.4, -0.2) is 54.8 Å². The number of carboxylic acid groups (broad SMARTS) is 1. The Morgan fingerprint density at radius 2 is 1.39 bits per heavy atom. The number of amides is 4. The largest absolute Gasteiger partial charge is 0.478 e. The molecule has 0 radical (unpaired) electrons. The van der Waals surface area contributed by atoms with Crippen molar-refractivity contribution < 1.29 is 29.1 Å². The van der Waals surface area contributed by atoms with Crippen LogP contribution in [-0.2, 0) is 14.4 Å². The van der Waals surface area contributed by atoms with E-state index >= 15 is 0 Å². The second-order valence-corrected chi connectivity index (χ2v) is 8.42. The summed E-state index contributed by atoms with van der Waals surface area (Å²) in [5, 5.41) is 19.1. The third-order valence-corrected chi connectivity index (χ3v) is 6.43. The van der Waals surface area contributed by atoms with Crippen molar-refractivity contribution in [1.82, 2.24) is 16.0 Å². The molecule has 152 valence electrons. The second-order valence-electron chi connectivity index (χ2n) is 5.19. The van der Waals surface area contributed by atoms with Crippen LogP contribution in [0.3, 0.4) is 0 Å². The highest BCUT2D eigenvalue weighted by Gasteiger charge is 2.28. The fourth-order valence-corrected chi connectivity index (χ4v) is 6.30. The predicted octanol–water partition coefficient (Wildman–Crippen LogP) is 0.749. The average molecular weight is 728 g/mol. The molecule has 13 heteroatoms. The molecule has 1 aromatic carbocycles. The molecular formula is C15H15I3N4O6. The van der Waals surface area contributed by atoms with Crippen LogP contribution in [0.25, 0.3) is 0 Å². The molecule has 1 aromatic rings. The van der Waals surface area contributed by atoms with Gasteiger partial charge >= 0.3 is 5.97 Å². The number of benzene rings is 1. The van der Waals surface area contributed by atoms with E-state index in [1.807, 2.05) is 22.6 Å². The molecule has 0 bridgehead atoms. The number of hydrogen-bond acceptors (Lipinski definition) is 5. The van der Waals surface area contributed by atoms with Crippen molar-refractivity contribution >= 4 is 103 Å². The van der Waals surface area contributed by atoms with Gasteiger partial charge in [-0.3, -0.25) is 19.2 Å². The van der Waals surface area contributed by atoms with Crippen LogP contribution in [0.2, 0.25) is 0 Å². The summed E-state index contributed by atoms with van der Waals surface area (Å²) in [5.41, 5.74) is 0.113. The van der Waals surface area contributed by atoms with E-state index in [2.05, 4.69) is 21.3 Å². The van der Waals surface area contributed by atoms with Gasteiger partial charge in [-0.1, -0.05) is 0 Å². The molecule has 0 aliphatic heterocycles. The van der Waals surface area contributed by atoms with E-state index in [9.17, 15) is 29.1 Å². The van der Waals surface area contributed by atoms with Crippen molar-refractivity contribution in [3.05, 3.63) is 21.8 Å². The third-order valence-electron chi connectivity index (χ3n) is 3.19. The normalized spacial score (nSPS) is 10.0. The molecule has 0 aliphatic rings. The molecule has 4 amide bonds. The van der Waals surface area contributed by atoms with E-state index in [4.69, 9.17) is 0 Å². The third kappa shape index (κ3) is 6.39. The van der Waals surface area contributed by atoms with Gasteiger partial charge in [0.1, 0.15) is 0 Å². The summed E-state index contributed by atoms with van der Waals surface area (Å²) < 4.78 is 0.806. The number of anilines is 1. The number of nitrogens with one attached hydrogen (secondary N) is 4. The van der Waals surface area contributed by atoms with E-state index in [1.54, 1.807) is 45.2 Å². The Kier molecular flexibility index (Phi) is 9.81. The zero-order chi connectivity index (χ0) is 21.6. The first-order chi connectivity index (χ1) is 13.0. The van der Waals surface area contributed by atoms with Gasteiger partial charge in [0, 0.05) is 17.5 Å². The number of likely N-dealkylation sites (N-methyl/N-ethyl adjacent to an activating group) is 1. The minimum absolute atomic E-state index is 0.0295. The Balaban J connectivity index is 3.18. The summed E-state index contributed by atoms with van der Waals surface area (Å²) in [6.07, 6.45) is 0. The average Bonchev–Trinajstić information content (AvgIpc) is 2.60. The standard InChI is InChI=1S/C15H15I3N4O6/c1-5(23)22-13-11(17)8(10(16)9(12(13)18)15(27)28)14(26)21-4-7(25)20-3-6(24)19-2/h3-4H2,1-2H3,(H,19,24)(H,20,25)(H,21,26)(H,22,23)(H,27,28). The van der Waals surface area contributed by atoms with Gasteiger partial charge in [-0.25, -0.2) is 4.79 Å². The molecule has 0 heterocycles. The van der Waals surface area contributed by atoms with E-state index in [-0.39, 0.29) is 30.5 Å². The smallest absolute Gasteiger partial charge is 0.337 e. The molecule has 28 heavy (non-hydrogen) atoms. The van der Waals surface area contributed by atoms with Gasteiger partial charge in [0.25, 0.3) is 5.91 Å². The number of hydrogen-bond donors (Lipinski definition) is 5. The van der Waals surface area contributed by atoms with Crippen LogP contribution in [0.4, 0.5) is 5.69 Å². The second kappa shape index (κ2) is 11.1. The molecule has 0 fully saturated rings. The van der Waals surface area contributed by atoms with Crippen molar-refractivity contribution in [3.8, 4) is 0 Å². The number of carbonyl (C=O) groups excluding carboxylic acids is 4. The summed E-state index contributed by atoms with van der Waals surface area (Å²) in [6, 6.07) is 0. The fourth-order valence-electron chi connectivity index (χ4n) is 1.92. The first-order valence-corrected chi connectivity index (χ1v) is 10.7. The number of carbonyl (C=O) groups is 5. The van der Waals surface area contributed by atoms with Gasteiger partial charge in [0.2, 0.25) is 17.7 Å². The van der Waals surface area contributed by atoms with Crippen LogP contribution in [0, 0.1) is 10.7 Å². The van der Waals surface area contributed by atoms with Crippen LogP contribution in [0.5, 0.6) is 0 Å². The summed E-state index contributed by atoms with van der Waals surface area (Å²) in [5.74, 6) is -3.35. The number of halogens is 3. The van der Waals surface area contributed by atoms with Gasteiger partial charge in [0.15, 0.2) is 0 Å². The SMILES string of the molecule is CNC(=O)CNC(=O)CNC(=O)c1c(I)c(NC(C)=O)c(I)c(C(=O)O)c1I. The highest BCUT2D eigenvalue weighted by Crippen LogP contribution is 2.35. The van der Waals surface area contributed by atoms with Crippen LogP contribution in [0.15, 0.2) is 0 Å². The first kappa shape index (κ1) is 24.8. The van der Waals surface area contributed by atoms with Crippen molar-refractivity contribution in [2.75, 3.05) is 25.5 Å². The van der Waals surface area contributed by atoms with Crippen LogP contribution >= 0.6 is 67.8 Å². The topological polar surface area (TPSA) is 154 Å². The Labute approximate surface area is 200 Å². The molecule has 1 rings (SSSR count). The lowest BCUT2D eigenvalue weighted by Crippen LogP contribution is -2.41. The quantitative estimate of drug-likeness (QED) is 0.262. The maximum Gasteiger partial charge on any atom is 0.337 e. The van der Waals surface area contributed by atoms with Crippen molar-refractivity contribution in [1.29, 1.82) is 0 Å². The van der Waals surface area contributed by atoms with Gasteiger partial charge in [-0.2, -0.15) is 0 Å². The summed E-state index contributed by atoms with van der Waals surface area (Å²) in [4.78, 5) is 58.6. The summed E-state index contributed by atoms with van der Waals surface area (Å²) in [7, 11) is 1.42. The first-order valence-electron chi connectivity index (χ1n) is 7.48. The molecule has 10 nitrogen and oxygen atoms in total. The lowest BCUT2D eigenvalue weighted by atomic mass is 10.1. The predicted molar refractivity (Wildman–Crippen MR) is 125 cm³/mol. The Morgan fingerprint density at radius 1 is 0.857 bits per heavy atom. The molecule has 5 N–H and O–H groups in total. The van der Waals surface area contributed by atoms with Crippen molar-refractivity contribution in [2.24, 2.45) is 0 Å². The van der Waals surface area contributed by atoms with Crippen molar-refractivity contribution in [3.63, 3.8) is 0 Å². The maximum absolute atomic E-state index is 12.6. The Morgan fingerprint density at radius 3 is 1.89 bits per heavy atom. The molecule has 0 atom stereocenters. The molecule has 0 aliphatic carbocycles. The highest BCUT2D eigenvalue weighted by atomic mass is 127. The zero-order valence-electron chi connectivity index (χ0n) is 14.5. The van der Waals surface area contributed by atoms with Gasteiger partial charge in [-0.15, -0.1) is 0 Å². The molecule has 0 spiro atoms. The number of carboxylic acids is 1. The van der Waals surface area contributed by atoms with E-state index in [0.29, 0.717) is 3.57 Å². The van der Waals surface area contributed by atoms with Gasteiger partial charge in [-0.05, 0) is 67.8 Å². The lowest BCUT2D eigenvalue weighted by molar-refractivity contribution is -0.125. The fraction of sp³-hybridized carbons (Fsp3) is 0.267. The van der Waals surface area contributed by atoms with E-state index in [0.717, 1.165) is 0 Å². The van der Waals surface area contributed by atoms with Gasteiger partial charge in [0.05, 0.1) is 37.0 Å². The molecular weight excluding hydrogens is 713 g/mol. The lowest BCUT2D eigenvalue weighted by Gasteiger charge is -2.17. The molecule has 0 unspecified atom stereocenters. The molecule has 0 aromatic heterocycles. The molecule has 0 saturated heterocycles. The number of aromatic carboxylic acids is 1. The minimum Gasteiger partial charge on any atom is -0.478 e. The van der Waals surface area contributed by atoms with E-state index < -0.39 is 36.1 Å². The molecule has 0 saturated carbocycles. The minimum atomic E-state index is -1.26. The Hall–Kier alpha value is -1.24. The zero-order valence-corrected chi connectivity index (χ0v) is 21.0. The maximum atomic E-state index is 12.6.